The molecule has 3 rings (SSSR count). The Bertz CT molecular complexity index is 519. The van der Waals surface area contributed by atoms with E-state index in [2.05, 4.69) is 5.10 Å². The number of carbonyl (C=O) groups is 1. The summed E-state index contributed by atoms with van der Waals surface area (Å²) in [6.07, 6.45) is 5.33. The van der Waals surface area contributed by atoms with Gasteiger partial charge in [-0.15, -0.1) is 0 Å². The number of nitrogens with zero attached hydrogens (tertiary/aromatic N) is 3. The minimum absolute atomic E-state index is 0.191. The average Bonchev–Trinajstić information content (AvgIpc) is 2.99. The van der Waals surface area contributed by atoms with Gasteiger partial charge in [-0.3, -0.25) is 4.68 Å². The van der Waals surface area contributed by atoms with Gasteiger partial charge in [0.2, 0.25) is 0 Å². The van der Waals surface area contributed by atoms with Gasteiger partial charge in [-0.25, -0.2) is 4.79 Å². The summed E-state index contributed by atoms with van der Waals surface area (Å²) >= 11 is 0. The Balaban J connectivity index is 1.66. The molecule has 2 aliphatic rings. The van der Waals surface area contributed by atoms with Crippen LogP contribution in [0.3, 0.4) is 0 Å². The number of likely N-dealkylation sites (tertiary alicyclic amines) is 1. The highest BCUT2D eigenvalue weighted by atomic mass is 16.6. The number of rotatable bonds is 1. The summed E-state index contributed by atoms with van der Waals surface area (Å²) in [4.78, 5) is 14.0. The summed E-state index contributed by atoms with van der Waals surface area (Å²) in [6.45, 7) is 6.45. The largest absolute Gasteiger partial charge is 0.444 e. The Morgan fingerprint density at radius 1 is 1.45 bits per heavy atom. The zero-order chi connectivity index (χ0) is 14.5. The predicted molar refractivity (Wildman–Crippen MR) is 75.1 cm³/mol. The van der Waals surface area contributed by atoms with E-state index >= 15 is 0 Å². The maximum absolute atomic E-state index is 12.2. The molecule has 1 aromatic heterocycles. The van der Waals surface area contributed by atoms with E-state index in [1.807, 2.05) is 36.5 Å². The van der Waals surface area contributed by atoms with E-state index in [4.69, 9.17) is 10.5 Å². The molecule has 0 radical (unpaired) electrons. The minimum Gasteiger partial charge on any atom is -0.444 e. The third-order valence-corrected chi connectivity index (χ3v) is 4.09. The average molecular weight is 278 g/mol. The highest BCUT2D eigenvalue weighted by Crippen LogP contribution is 2.45. The molecule has 1 aromatic rings. The van der Waals surface area contributed by atoms with Crippen molar-refractivity contribution in [3.8, 4) is 0 Å². The molecule has 3 atom stereocenters. The second-order valence-electron chi connectivity index (χ2n) is 6.84. The SMILES string of the molecule is CC(C)(C)OC(=O)N1C[C@@H]2C[C@H]1CC2n1cc(N)cn1. The lowest BCUT2D eigenvalue weighted by atomic mass is 10.0. The van der Waals surface area contributed by atoms with Gasteiger partial charge >= 0.3 is 6.09 Å². The Labute approximate surface area is 118 Å². The standard InChI is InChI=1S/C14H22N4O2/c1-14(2,3)20-13(19)17-7-9-4-11(17)5-12(9)18-8-10(15)6-16-18/h6,8-9,11-12H,4-5,7,15H2,1-3H3/t9-,11-,12?/m0/s1. The smallest absolute Gasteiger partial charge is 0.410 e. The number of hydrogen-bond donors (Lipinski definition) is 1. The Morgan fingerprint density at radius 2 is 2.20 bits per heavy atom. The number of hydrogen-bond acceptors (Lipinski definition) is 4. The van der Waals surface area contributed by atoms with Crippen LogP contribution in [-0.4, -0.2) is 39.0 Å². The summed E-state index contributed by atoms with van der Waals surface area (Å²) in [5.41, 5.74) is 5.98. The third-order valence-electron chi connectivity index (χ3n) is 4.09. The first kappa shape index (κ1) is 13.3. The van der Waals surface area contributed by atoms with E-state index in [1.54, 1.807) is 6.20 Å². The van der Waals surface area contributed by atoms with Crippen LogP contribution in [0.4, 0.5) is 10.5 Å². The van der Waals surface area contributed by atoms with Gasteiger partial charge in [0.25, 0.3) is 0 Å². The molecule has 2 heterocycles. The highest BCUT2D eigenvalue weighted by Gasteiger charge is 2.48. The van der Waals surface area contributed by atoms with Gasteiger partial charge in [0.1, 0.15) is 5.60 Å². The van der Waals surface area contributed by atoms with Crippen LogP contribution in [-0.2, 0) is 4.74 Å². The molecule has 2 fully saturated rings. The number of carbonyl (C=O) groups excluding carboxylic acids is 1. The van der Waals surface area contributed by atoms with Crippen molar-refractivity contribution >= 4 is 11.8 Å². The first-order valence-electron chi connectivity index (χ1n) is 7.13. The normalized spacial score (nSPS) is 28.9. The van der Waals surface area contributed by atoms with E-state index in [9.17, 15) is 4.79 Å². The summed E-state index contributed by atoms with van der Waals surface area (Å²) in [5.74, 6) is 0.451. The van der Waals surface area contributed by atoms with Crippen molar-refractivity contribution < 1.29 is 9.53 Å². The maximum atomic E-state index is 12.2. The fraction of sp³-hybridized carbons (Fsp3) is 0.714. The topological polar surface area (TPSA) is 73.4 Å². The van der Waals surface area contributed by atoms with Crippen LogP contribution in [0.2, 0.25) is 0 Å². The van der Waals surface area contributed by atoms with Gasteiger partial charge in [-0.2, -0.15) is 5.10 Å². The number of nitrogen functional groups attached to an aromatic ring is 1. The zero-order valence-corrected chi connectivity index (χ0v) is 12.2. The molecule has 6 nitrogen and oxygen atoms in total. The van der Waals surface area contributed by atoms with Gasteiger partial charge in [-0.05, 0) is 33.6 Å². The van der Waals surface area contributed by atoms with Crippen molar-refractivity contribution in [2.45, 2.75) is 51.3 Å². The first-order chi connectivity index (χ1) is 9.33. The zero-order valence-electron chi connectivity index (χ0n) is 12.2. The van der Waals surface area contributed by atoms with E-state index in [0.717, 1.165) is 19.4 Å². The van der Waals surface area contributed by atoms with Crippen LogP contribution in [0.15, 0.2) is 12.4 Å². The van der Waals surface area contributed by atoms with Crippen LogP contribution in [0.1, 0.15) is 39.7 Å². The van der Waals surface area contributed by atoms with Gasteiger partial charge in [0.05, 0.1) is 17.9 Å². The Morgan fingerprint density at radius 3 is 2.70 bits per heavy atom. The number of piperidine rings is 1. The molecule has 1 unspecified atom stereocenters. The van der Waals surface area contributed by atoms with E-state index in [1.165, 1.54) is 0 Å². The summed E-state index contributed by atoms with van der Waals surface area (Å²) < 4.78 is 7.41. The summed E-state index contributed by atoms with van der Waals surface area (Å²) in [6, 6.07) is 0.626. The molecular formula is C14H22N4O2. The van der Waals surface area contributed by atoms with Crippen LogP contribution in [0.25, 0.3) is 0 Å². The van der Waals surface area contributed by atoms with Crippen molar-refractivity contribution in [1.82, 2.24) is 14.7 Å². The number of fused-ring (bicyclic) bond motifs is 2. The number of ether oxygens (including phenoxy) is 1. The molecule has 20 heavy (non-hydrogen) atoms. The lowest BCUT2D eigenvalue weighted by Crippen LogP contribution is -2.43. The van der Waals surface area contributed by atoms with Crippen molar-refractivity contribution in [3.63, 3.8) is 0 Å². The molecule has 1 aliphatic carbocycles. The van der Waals surface area contributed by atoms with Crippen LogP contribution in [0.5, 0.6) is 0 Å². The molecule has 1 saturated carbocycles. The molecule has 2 N–H and O–H groups in total. The van der Waals surface area contributed by atoms with E-state index in [-0.39, 0.29) is 12.1 Å². The van der Waals surface area contributed by atoms with E-state index in [0.29, 0.717) is 17.6 Å². The predicted octanol–water partition coefficient (Wildman–Crippen LogP) is 2.04. The third kappa shape index (κ3) is 2.34. The molecule has 1 amide bonds. The number of aromatic nitrogens is 2. The second-order valence-corrected chi connectivity index (χ2v) is 6.84. The van der Waals surface area contributed by atoms with Crippen molar-refractivity contribution in [1.29, 1.82) is 0 Å². The van der Waals surface area contributed by atoms with Crippen molar-refractivity contribution in [2.24, 2.45) is 5.92 Å². The molecule has 1 aliphatic heterocycles. The number of amides is 1. The highest BCUT2D eigenvalue weighted by molar-refractivity contribution is 5.69. The quantitative estimate of drug-likeness (QED) is 0.853. The van der Waals surface area contributed by atoms with Crippen LogP contribution >= 0.6 is 0 Å². The molecular weight excluding hydrogens is 256 g/mol. The van der Waals surface area contributed by atoms with Crippen molar-refractivity contribution in [3.05, 3.63) is 12.4 Å². The van der Waals surface area contributed by atoms with Gasteiger partial charge in [0.15, 0.2) is 0 Å². The van der Waals surface area contributed by atoms with E-state index < -0.39 is 5.60 Å². The molecule has 0 aromatic carbocycles. The lowest BCUT2D eigenvalue weighted by Gasteiger charge is -2.33. The Kier molecular flexibility index (Phi) is 2.92. The van der Waals surface area contributed by atoms with Gasteiger partial charge < -0.3 is 15.4 Å². The molecule has 110 valence electrons. The summed E-state index contributed by atoms with van der Waals surface area (Å²) in [5, 5.41) is 4.30. The number of anilines is 1. The lowest BCUT2D eigenvalue weighted by molar-refractivity contribution is 0.0162. The minimum atomic E-state index is -0.436. The molecule has 2 bridgehead atoms. The maximum Gasteiger partial charge on any atom is 0.410 e. The molecule has 6 heteroatoms. The van der Waals surface area contributed by atoms with Gasteiger partial charge in [-0.1, -0.05) is 0 Å². The Hall–Kier alpha value is -1.72. The summed E-state index contributed by atoms with van der Waals surface area (Å²) in [7, 11) is 0. The fourth-order valence-electron chi connectivity index (χ4n) is 3.33. The number of nitrogens with two attached hydrogens (primary N) is 1. The first-order valence-corrected chi connectivity index (χ1v) is 7.13. The van der Waals surface area contributed by atoms with Gasteiger partial charge in [0, 0.05) is 24.7 Å². The van der Waals surface area contributed by atoms with Crippen LogP contribution < -0.4 is 5.73 Å². The van der Waals surface area contributed by atoms with Crippen molar-refractivity contribution in [2.75, 3.05) is 12.3 Å². The van der Waals surface area contributed by atoms with Crippen LogP contribution in [0, 0.1) is 5.92 Å². The monoisotopic (exact) mass is 278 g/mol. The fourth-order valence-corrected chi connectivity index (χ4v) is 3.33. The second kappa shape index (κ2) is 4.40. The molecule has 0 spiro atoms. The molecule has 1 saturated heterocycles.